The standard InChI is InChI=1S/C42H38.C21H22.C7H4B4.2C7H8/c1-27-11-7-9-13-37(27)39-23-33(19-15-29(39)3)35-21-17-31(5)41(25-35)42-26-36(22-18-32(42)6)34-20-16-30(4)40(24-34)38-14-10-8-12-28(38)2;1-15-8-11-18(12-9-15)19-13-10-17(3)21(14-19)20-7-5-4-6-16(20)2;1-3-2-4(8)6(10)7(11)5(3)9;2*1-7-5-3-2-4-6-7/h7-17,20-21,23-26,33H,19H2,1-6H3;4,6,8-14H,5,7H2,1-3H3;2H,1H3;2*2-6H,1H3. The molecule has 0 saturated carbocycles. The van der Waals surface area contributed by atoms with Crippen LogP contribution in [0.1, 0.15) is 124 Å². The van der Waals surface area contributed by atoms with Crippen molar-refractivity contribution < 1.29 is 0 Å². The molecule has 4 heteroatoms. The van der Waals surface area contributed by atoms with Crippen molar-refractivity contribution in [1.29, 1.82) is 0 Å². The topological polar surface area (TPSA) is 0 Å². The maximum absolute atomic E-state index is 5.59. The molecule has 0 N–H and O–H groups in total. The lowest BCUT2D eigenvalue weighted by Gasteiger charge is -2.23. The zero-order valence-electron chi connectivity index (χ0n) is 53.9. The molecule has 0 heterocycles. The van der Waals surface area contributed by atoms with Gasteiger partial charge < -0.3 is 0 Å². The minimum absolute atomic E-state index is 0.343. The van der Waals surface area contributed by atoms with Crippen molar-refractivity contribution in [3.05, 3.63) is 331 Å². The number of hydrogen-bond acceptors (Lipinski definition) is 0. The molecule has 1 atom stereocenters. The molecule has 8 radical (unpaired) electrons. The van der Waals surface area contributed by atoms with Gasteiger partial charge in [-0.25, -0.2) is 0 Å². The van der Waals surface area contributed by atoms with E-state index >= 15 is 0 Å². The van der Waals surface area contributed by atoms with Gasteiger partial charge in [0.05, 0.1) is 0 Å². The van der Waals surface area contributed by atoms with Crippen molar-refractivity contribution in [3.63, 3.8) is 0 Å². The van der Waals surface area contributed by atoms with E-state index in [0.29, 0.717) is 27.8 Å². The second-order valence-corrected chi connectivity index (χ2v) is 23.7. The minimum Gasteiger partial charge on any atom is -0.111 e. The van der Waals surface area contributed by atoms with Crippen LogP contribution in [0.2, 0.25) is 0 Å². The first-order valence-corrected chi connectivity index (χ1v) is 30.7. The average Bonchev–Trinajstić information content (AvgIpc) is 3.33. The van der Waals surface area contributed by atoms with Crippen LogP contribution in [-0.2, 0) is 0 Å². The van der Waals surface area contributed by atoms with Crippen LogP contribution in [0.25, 0.3) is 44.5 Å². The quantitative estimate of drug-likeness (QED) is 0.110. The van der Waals surface area contributed by atoms with Gasteiger partial charge in [0, 0.05) is 17.1 Å². The van der Waals surface area contributed by atoms with Crippen molar-refractivity contribution in [2.75, 3.05) is 0 Å². The first-order chi connectivity index (χ1) is 42.3. The fourth-order valence-electron chi connectivity index (χ4n) is 11.3. The first kappa shape index (κ1) is 65.2. The van der Waals surface area contributed by atoms with Crippen LogP contribution in [0, 0.1) is 62.3 Å². The molecule has 0 bridgehead atoms. The van der Waals surface area contributed by atoms with E-state index in [0.717, 1.165) is 36.0 Å². The average molecular weight is 1130 g/mol. The van der Waals surface area contributed by atoms with E-state index in [1.54, 1.807) is 6.07 Å². The number of benzene rings is 9. The summed E-state index contributed by atoms with van der Waals surface area (Å²) >= 11 is 0. The highest BCUT2D eigenvalue weighted by Crippen LogP contribution is 2.40. The van der Waals surface area contributed by atoms with E-state index in [4.69, 9.17) is 31.4 Å². The largest absolute Gasteiger partial charge is 0.113 e. The highest BCUT2D eigenvalue weighted by molar-refractivity contribution is 6.62. The molecule has 0 aliphatic heterocycles. The Hall–Kier alpha value is -8.76. The summed E-state index contributed by atoms with van der Waals surface area (Å²) in [5.74, 6) is 0.343. The lowest BCUT2D eigenvalue weighted by atomic mass is 9.66. The Balaban J connectivity index is 0.000000177. The Bertz CT molecular complexity index is 4160. The van der Waals surface area contributed by atoms with Crippen molar-refractivity contribution >= 4 is 75.5 Å². The molecule has 1 unspecified atom stereocenters. The van der Waals surface area contributed by atoms with Crippen LogP contribution < -0.4 is 21.9 Å². The predicted molar refractivity (Wildman–Crippen MR) is 388 cm³/mol. The van der Waals surface area contributed by atoms with Gasteiger partial charge in [-0.05, 0) is 226 Å². The Kier molecular flexibility index (Phi) is 22.8. The monoisotopic (exact) mass is 1130 g/mol. The zero-order valence-corrected chi connectivity index (χ0v) is 53.9. The second kappa shape index (κ2) is 30.7. The summed E-state index contributed by atoms with van der Waals surface area (Å²) in [7, 11) is 22.2. The Morgan fingerprint density at radius 2 is 0.920 bits per heavy atom. The van der Waals surface area contributed by atoms with Gasteiger partial charge in [-0.1, -0.05) is 240 Å². The van der Waals surface area contributed by atoms with Crippen LogP contribution in [0.4, 0.5) is 0 Å². The fourth-order valence-corrected chi connectivity index (χ4v) is 11.3. The summed E-state index contributed by atoms with van der Waals surface area (Å²) in [4.78, 5) is 0. The molecule has 9 aromatic rings. The van der Waals surface area contributed by atoms with Crippen LogP contribution >= 0.6 is 0 Å². The molecular weight excluding hydrogens is 1050 g/mol. The molecule has 88 heavy (non-hydrogen) atoms. The Morgan fingerprint density at radius 3 is 1.52 bits per heavy atom. The van der Waals surface area contributed by atoms with Crippen molar-refractivity contribution in [3.8, 4) is 22.3 Å². The molecule has 3 aliphatic rings. The van der Waals surface area contributed by atoms with Gasteiger partial charge in [-0.2, -0.15) is 0 Å². The van der Waals surface area contributed by atoms with Crippen LogP contribution in [-0.4, -0.2) is 31.4 Å². The third kappa shape index (κ3) is 16.8. The van der Waals surface area contributed by atoms with Gasteiger partial charge in [0.15, 0.2) is 0 Å². The van der Waals surface area contributed by atoms with Gasteiger partial charge in [0.25, 0.3) is 0 Å². The van der Waals surface area contributed by atoms with E-state index in [1.807, 2.05) is 43.3 Å². The van der Waals surface area contributed by atoms with Crippen LogP contribution in [0.3, 0.4) is 0 Å². The molecule has 0 aromatic heterocycles. The summed E-state index contributed by atoms with van der Waals surface area (Å²) < 4.78 is 0. The molecular formula is C84H80B4. The molecule has 0 saturated heterocycles. The molecule has 12 rings (SSSR count). The number of hydrogen-bond donors (Lipinski definition) is 0. The summed E-state index contributed by atoms with van der Waals surface area (Å²) in [6.07, 6.45) is 15.1. The van der Waals surface area contributed by atoms with Gasteiger partial charge in [-0.3, -0.25) is 0 Å². The molecule has 9 aromatic carbocycles. The van der Waals surface area contributed by atoms with Crippen molar-refractivity contribution in [2.45, 2.75) is 108 Å². The smallest absolute Gasteiger partial charge is 0.111 e. The van der Waals surface area contributed by atoms with E-state index in [1.165, 1.54) is 122 Å². The fraction of sp³-hybridized carbons (Fsp3) is 0.190. The minimum atomic E-state index is 0.343. The number of rotatable bonds is 7. The highest BCUT2D eigenvalue weighted by Gasteiger charge is 2.21. The summed E-state index contributed by atoms with van der Waals surface area (Å²) in [6, 6.07) is 69.0. The van der Waals surface area contributed by atoms with Gasteiger partial charge >= 0.3 is 0 Å². The molecule has 0 spiro atoms. The predicted octanol–water partition coefficient (Wildman–Crippen LogP) is 18.5. The normalized spacial score (nSPS) is 13.9. The molecule has 3 aliphatic carbocycles. The van der Waals surface area contributed by atoms with E-state index in [2.05, 4.69) is 270 Å². The lowest BCUT2D eigenvalue weighted by Crippen LogP contribution is -2.48. The van der Waals surface area contributed by atoms with E-state index < -0.39 is 0 Å². The highest BCUT2D eigenvalue weighted by atomic mass is 14.2. The zero-order chi connectivity index (χ0) is 63.0. The van der Waals surface area contributed by atoms with Gasteiger partial charge in [0.1, 0.15) is 31.4 Å². The van der Waals surface area contributed by atoms with E-state index in [9.17, 15) is 0 Å². The second-order valence-electron chi connectivity index (χ2n) is 23.7. The molecule has 0 fully saturated rings. The molecule has 428 valence electrons. The SMILES string of the molecule is CC1=C(c2cc(-c3ccc(C)cc3)ccc2C)CCC=C1.CC1=C=C=C(c2ccc(C)c(-c3ccccc3C)c2)C=C1c1cc(C2C=C(c3ccccc3C)C(C)=CC2)ccc1C.Cc1ccccc1.Cc1ccccc1.[B]c1cc(C)c([B])c([B])c1[B]. The number of aryl methyl sites for hydroxylation is 9. The lowest BCUT2D eigenvalue weighted by molar-refractivity contribution is 0.848. The summed E-state index contributed by atoms with van der Waals surface area (Å²) in [6.45, 7) is 25.8. The van der Waals surface area contributed by atoms with Gasteiger partial charge in [0.2, 0.25) is 0 Å². The summed E-state index contributed by atoms with van der Waals surface area (Å²) in [5, 5.41) is 0. The van der Waals surface area contributed by atoms with Crippen molar-refractivity contribution in [1.82, 2.24) is 0 Å². The molecule has 0 nitrogen and oxygen atoms in total. The Labute approximate surface area is 533 Å². The van der Waals surface area contributed by atoms with Crippen LogP contribution in [0.5, 0.6) is 0 Å². The first-order valence-electron chi connectivity index (χ1n) is 30.7. The van der Waals surface area contributed by atoms with Crippen LogP contribution in [0.15, 0.2) is 253 Å². The maximum Gasteiger partial charge on any atom is 0.113 e. The third-order valence-electron chi connectivity index (χ3n) is 16.9. The van der Waals surface area contributed by atoms with E-state index in [-0.39, 0.29) is 0 Å². The van der Waals surface area contributed by atoms with Crippen molar-refractivity contribution in [2.24, 2.45) is 0 Å². The van der Waals surface area contributed by atoms with Gasteiger partial charge in [-0.15, -0.1) is 21.9 Å². The molecule has 0 amide bonds. The third-order valence-corrected chi connectivity index (χ3v) is 16.9. The number of allylic oxidation sites excluding steroid dienone is 12. The Morgan fingerprint density at radius 1 is 0.398 bits per heavy atom. The maximum atomic E-state index is 5.59. The summed E-state index contributed by atoms with van der Waals surface area (Å²) in [5.41, 5.74) is 40.8.